The van der Waals surface area contributed by atoms with Crippen molar-refractivity contribution < 1.29 is 13.2 Å². The highest BCUT2D eigenvalue weighted by Crippen LogP contribution is 2.21. The fraction of sp³-hybridized carbons (Fsp3) is 0.308. The topological polar surface area (TPSA) is 75.3 Å². The third kappa shape index (κ3) is 2.83. The van der Waals surface area contributed by atoms with E-state index in [0.29, 0.717) is 11.6 Å². The molecule has 1 heterocycles. The number of ether oxygens (including phenoxy) is 1. The number of para-hydroxylation sites is 1. The second kappa shape index (κ2) is 5.64. The first-order valence-electron chi connectivity index (χ1n) is 6.05. The van der Waals surface area contributed by atoms with Crippen LogP contribution in [-0.2, 0) is 16.6 Å². The van der Waals surface area contributed by atoms with E-state index < -0.39 is 10.0 Å². The van der Waals surface area contributed by atoms with Crippen LogP contribution in [0.3, 0.4) is 0 Å². The number of rotatable bonds is 5. The number of methoxy groups -OCH3 is 1. The maximum absolute atomic E-state index is 12.4. The highest BCUT2D eigenvalue weighted by Gasteiger charge is 2.23. The Hall–Kier alpha value is -1.86. The smallest absolute Gasteiger partial charge is 0.260 e. The molecule has 7 heteroatoms. The Morgan fingerprint density at radius 1 is 1.35 bits per heavy atom. The number of imidazole rings is 1. The van der Waals surface area contributed by atoms with Crippen LogP contribution in [-0.4, -0.2) is 36.8 Å². The first-order chi connectivity index (χ1) is 9.45. The average Bonchev–Trinajstić information content (AvgIpc) is 2.86. The van der Waals surface area contributed by atoms with Crippen LogP contribution in [0, 0.1) is 6.92 Å². The number of aromatic nitrogens is 2. The van der Waals surface area contributed by atoms with E-state index in [4.69, 9.17) is 4.74 Å². The molecule has 1 aromatic carbocycles. The number of nitrogens with zero attached hydrogens (tertiary/aromatic N) is 2. The van der Waals surface area contributed by atoms with Gasteiger partial charge in [-0.2, -0.15) is 4.31 Å². The Morgan fingerprint density at radius 2 is 2.05 bits per heavy atom. The fourth-order valence-corrected chi connectivity index (χ4v) is 2.96. The molecule has 0 aliphatic carbocycles. The predicted octanol–water partition coefficient (Wildman–Crippen LogP) is 1.55. The summed E-state index contributed by atoms with van der Waals surface area (Å²) in [6, 6.07) is 7.33. The largest absolute Gasteiger partial charge is 0.496 e. The third-order valence-electron chi connectivity index (χ3n) is 2.95. The number of aryl methyl sites for hydroxylation is 1. The van der Waals surface area contributed by atoms with Gasteiger partial charge in [0.05, 0.1) is 13.3 Å². The van der Waals surface area contributed by atoms with Crippen LogP contribution in [0.5, 0.6) is 5.75 Å². The molecule has 6 nitrogen and oxygen atoms in total. The number of hydrogen-bond acceptors (Lipinski definition) is 4. The maximum atomic E-state index is 12.4. The van der Waals surface area contributed by atoms with Gasteiger partial charge in [0.25, 0.3) is 10.0 Å². The van der Waals surface area contributed by atoms with Crippen LogP contribution < -0.4 is 4.74 Å². The molecular weight excluding hydrogens is 278 g/mol. The molecule has 0 fully saturated rings. The SMILES string of the molecule is COc1ccccc1CN(C)S(=O)(=O)c1cnc(C)[nH]1. The summed E-state index contributed by atoms with van der Waals surface area (Å²) in [6.07, 6.45) is 1.32. The van der Waals surface area contributed by atoms with Crippen molar-refractivity contribution in [3.63, 3.8) is 0 Å². The Labute approximate surface area is 118 Å². The normalized spacial score (nSPS) is 11.8. The summed E-state index contributed by atoms with van der Waals surface area (Å²) in [5.41, 5.74) is 0.803. The van der Waals surface area contributed by atoms with Gasteiger partial charge in [-0.25, -0.2) is 13.4 Å². The van der Waals surface area contributed by atoms with E-state index in [1.165, 1.54) is 17.5 Å². The maximum Gasteiger partial charge on any atom is 0.260 e. The second-order valence-electron chi connectivity index (χ2n) is 4.41. The summed E-state index contributed by atoms with van der Waals surface area (Å²) in [5.74, 6) is 1.23. The molecule has 0 spiro atoms. The zero-order valence-electron chi connectivity index (χ0n) is 11.6. The van der Waals surface area contributed by atoms with Crippen LogP contribution in [0.4, 0.5) is 0 Å². The summed E-state index contributed by atoms with van der Waals surface area (Å²) >= 11 is 0. The molecule has 2 aromatic rings. The van der Waals surface area contributed by atoms with Crippen LogP contribution in [0.25, 0.3) is 0 Å². The molecule has 108 valence electrons. The van der Waals surface area contributed by atoms with Crippen molar-refractivity contribution in [2.24, 2.45) is 0 Å². The summed E-state index contributed by atoms with van der Waals surface area (Å²) in [5, 5.41) is 0.0902. The van der Waals surface area contributed by atoms with Crippen LogP contribution in [0.15, 0.2) is 35.5 Å². The van der Waals surface area contributed by atoms with E-state index in [1.807, 2.05) is 18.2 Å². The van der Waals surface area contributed by atoms with Crippen molar-refractivity contribution in [2.45, 2.75) is 18.5 Å². The van der Waals surface area contributed by atoms with Crippen molar-refractivity contribution in [1.82, 2.24) is 14.3 Å². The van der Waals surface area contributed by atoms with E-state index in [9.17, 15) is 8.42 Å². The van der Waals surface area contributed by atoms with Gasteiger partial charge in [-0.1, -0.05) is 18.2 Å². The zero-order valence-corrected chi connectivity index (χ0v) is 12.4. The fourth-order valence-electron chi connectivity index (χ4n) is 1.86. The van der Waals surface area contributed by atoms with E-state index in [0.717, 1.165) is 5.56 Å². The molecule has 0 radical (unpaired) electrons. The van der Waals surface area contributed by atoms with Gasteiger partial charge in [-0.3, -0.25) is 0 Å². The number of sulfonamides is 1. The average molecular weight is 295 g/mol. The van der Waals surface area contributed by atoms with Crippen molar-refractivity contribution in [3.8, 4) is 5.75 Å². The van der Waals surface area contributed by atoms with Gasteiger partial charge in [0.1, 0.15) is 11.6 Å². The van der Waals surface area contributed by atoms with Crippen molar-refractivity contribution >= 4 is 10.0 Å². The van der Waals surface area contributed by atoms with E-state index in [2.05, 4.69) is 9.97 Å². The first kappa shape index (κ1) is 14.5. The molecule has 0 aliphatic rings. The van der Waals surface area contributed by atoms with Gasteiger partial charge in [0.2, 0.25) is 0 Å². The molecule has 2 rings (SSSR count). The van der Waals surface area contributed by atoms with Gasteiger partial charge < -0.3 is 9.72 Å². The summed E-state index contributed by atoms with van der Waals surface area (Å²) in [6.45, 7) is 1.93. The first-order valence-corrected chi connectivity index (χ1v) is 7.49. The predicted molar refractivity (Wildman–Crippen MR) is 75.0 cm³/mol. The molecule has 0 saturated heterocycles. The lowest BCUT2D eigenvalue weighted by Gasteiger charge is -2.17. The third-order valence-corrected chi connectivity index (χ3v) is 4.67. The highest BCUT2D eigenvalue weighted by atomic mass is 32.2. The summed E-state index contributed by atoms with van der Waals surface area (Å²) in [7, 11) is -0.495. The molecule has 0 aliphatic heterocycles. The highest BCUT2D eigenvalue weighted by molar-refractivity contribution is 7.89. The lowest BCUT2D eigenvalue weighted by molar-refractivity contribution is 0.397. The molecule has 0 bridgehead atoms. The molecule has 1 aromatic heterocycles. The number of nitrogens with one attached hydrogen (secondary N) is 1. The number of hydrogen-bond donors (Lipinski definition) is 1. The number of H-pyrrole nitrogens is 1. The molecule has 0 saturated carbocycles. The van der Waals surface area contributed by atoms with Crippen molar-refractivity contribution in [2.75, 3.05) is 14.2 Å². The van der Waals surface area contributed by atoms with Crippen molar-refractivity contribution in [3.05, 3.63) is 41.9 Å². The number of aromatic amines is 1. The molecule has 20 heavy (non-hydrogen) atoms. The van der Waals surface area contributed by atoms with Crippen LogP contribution in [0.2, 0.25) is 0 Å². The summed E-state index contributed by atoms with van der Waals surface area (Å²) in [4.78, 5) is 6.66. The van der Waals surface area contributed by atoms with Gasteiger partial charge in [0, 0.05) is 19.2 Å². The summed E-state index contributed by atoms with van der Waals surface area (Å²) < 4.78 is 31.2. The Kier molecular flexibility index (Phi) is 4.10. The van der Waals surface area contributed by atoms with Gasteiger partial charge in [-0.15, -0.1) is 0 Å². The lowest BCUT2D eigenvalue weighted by Crippen LogP contribution is -2.27. The van der Waals surface area contributed by atoms with E-state index in [1.54, 1.807) is 20.1 Å². The Balaban J connectivity index is 2.25. The quantitative estimate of drug-likeness (QED) is 0.908. The minimum Gasteiger partial charge on any atom is -0.496 e. The van der Waals surface area contributed by atoms with Crippen LogP contribution >= 0.6 is 0 Å². The molecule has 0 unspecified atom stereocenters. The Bertz CT molecular complexity index is 694. The standard InChI is InChI=1S/C13H17N3O3S/c1-10-14-8-13(15-10)20(17,18)16(2)9-11-6-4-5-7-12(11)19-3/h4-8H,9H2,1-3H3,(H,14,15). The van der Waals surface area contributed by atoms with E-state index in [-0.39, 0.29) is 11.6 Å². The monoisotopic (exact) mass is 295 g/mol. The molecule has 0 amide bonds. The van der Waals surface area contributed by atoms with Crippen molar-refractivity contribution in [1.29, 1.82) is 0 Å². The second-order valence-corrected chi connectivity index (χ2v) is 6.42. The minimum absolute atomic E-state index is 0.0902. The molecule has 0 atom stereocenters. The van der Waals surface area contributed by atoms with E-state index >= 15 is 0 Å². The lowest BCUT2D eigenvalue weighted by atomic mass is 10.2. The van der Waals surface area contributed by atoms with Gasteiger partial charge in [-0.05, 0) is 13.0 Å². The Morgan fingerprint density at radius 3 is 2.65 bits per heavy atom. The van der Waals surface area contributed by atoms with Gasteiger partial charge in [0.15, 0.2) is 5.03 Å². The molecular formula is C13H17N3O3S. The minimum atomic E-state index is -3.58. The zero-order chi connectivity index (χ0) is 14.8. The molecule has 1 N–H and O–H groups in total. The van der Waals surface area contributed by atoms with Crippen LogP contribution in [0.1, 0.15) is 11.4 Å². The van der Waals surface area contributed by atoms with Gasteiger partial charge >= 0.3 is 0 Å². The number of benzene rings is 1.